The van der Waals surface area contributed by atoms with Crippen LogP contribution in [0.4, 0.5) is 0 Å². The van der Waals surface area contributed by atoms with Crippen LogP contribution in [0, 0.1) is 13.8 Å². The van der Waals surface area contributed by atoms with Crippen LogP contribution < -0.4 is 35.4 Å². The minimum absolute atomic E-state index is 0. The van der Waals surface area contributed by atoms with Crippen LogP contribution in [0.3, 0.4) is 0 Å². The summed E-state index contributed by atoms with van der Waals surface area (Å²) in [6.07, 6.45) is 1.88. The normalized spacial score (nSPS) is 10.5. The van der Waals surface area contributed by atoms with E-state index in [1.807, 2.05) is 123 Å². The van der Waals surface area contributed by atoms with Gasteiger partial charge in [0.05, 0.1) is 0 Å². The van der Waals surface area contributed by atoms with Gasteiger partial charge in [-0.2, -0.15) is 0 Å². The molecule has 0 heterocycles. The first-order valence-electron chi connectivity index (χ1n) is 14.4. The second-order valence-electron chi connectivity index (χ2n) is 9.83. The monoisotopic (exact) mass is 736 g/mol. The molecule has 45 heavy (non-hydrogen) atoms. The summed E-state index contributed by atoms with van der Waals surface area (Å²) in [6.45, 7) is 9.51. The van der Waals surface area contributed by atoms with Crippen molar-refractivity contribution in [3.8, 4) is 0 Å². The molecule has 0 aromatic heterocycles. The van der Waals surface area contributed by atoms with Crippen molar-refractivity contribution in [3.63, 3.8) is 0 Å². The van der Waals surface area contributed by atoms with Gasteiger partial charge in [-0.1, -0.05) is 110 Å². The number of benzene rings is 4. The van der Waals surface area contributed by atoms with Gasteiger partial charge < -0.3 is 35.4 Å². The molecule has 0 spiro atoms. The molecule has 2 amide bonds. The van der Waals surface area contributed by atoms with Crippen molar-refractivity contribution in [2.24, 2.45) is 9.98 Å². The van der Waals surface area contributed by atoms with Crippen molar-refractivity contribution in [2.45, 2.75) is 40.5 Å². The Morgan fingerprint density at radius 3 is 1.11 bits per heavy atom. The third kappa shape index (κ3) is 14.4. The molecule has 240 valence electrons. The number of carbonyl (C=O) groups excluding carboxylic acids is 2. The van der Waals surface area contributed by atoms with Gasteiger partial charge in [-0.3, -0.25) is 19.6 Å². The van der Waals surface area contributed by atoms with Gasteiger partial charge >= 0.3 is 20.4 Å². The molecule has 0 atom stereocenters. The molecule has 0 bridgehead atoms. The maximum atomic E-state index is 12.3. The Labute approximate surface area is 293 Å². The minimum Gasteiger partial charge on any atom is -1.00 e. The van der Waals surface area contributed by atoms with Crippen LogP contribution in [0.25, 0.3) is 0 Å². The van der Waals surface area contributed by atoms with Crippen LogP contribution in [0.2, 0.25) is 0 Å². The quantitative estimate of drug-likeness (QED) is 0.162. The average Bonchev–Trinajstić information content (AvgIpc) is 3.03. The van der Waals surface area contributed by atoms with Gasteiger partial charge in [0.2, 0.25) is 0 Å². The number of hydrogen-bond donors (Lipinski definition) is 2. The zero-order valence-corrected chi connectivity index (χ0v) is 29.1. The molecule has 0 unspecified atom stereocenters. The van der Waals surface area contributed by atoms with Gasteiger partial charge in [-0.25, -0.2) is 0 Å². The molecule has 4 rings (SSSR count). The Morgan fingerprint density at radius 2 is 0.822 bits per heavy atom. The maximum absolute atomic E-state index is 12.3. The number of hydrogen-bond acceptors (Lipinski definition) is 4. The molecule has 0 fully saturated rings. The fraction of sp³-hybridized carbons (Fsp3) is 0.222. The van der Waals surface area contributed by atoms with Crippen molar-refractivity contribution in [3.05, 3.63) is 143 Å². The van der Waals surface area contributed by atoms with Gasteiger partial charge in [-0.05, 0) is 51.0 Å². The van der Waals surface area contributed by atoms with Crippen molar-refractivity contribution < 1.29 is 54.8 Å². The number of rotatable bonds is 8. The summed E-state index contributed by atoms with van der Waals surface area (Å²) in [4.78, 5) is 33.6. The largest absolute Gasteiger partial charge is 2.00 e. The van der Waals surface area contributed by atoms with E-state index in [0.29, 0.717) is 35.9 Å². The zero-order valence-electron chi connectivity index (χ0n) is 26.0. The number of nitrogens with one attached hydrogen (secondary N) is 2. The summed E-state index contributed by atoms with van der Waals surface area (Å²) in [5, 5.41) is 5.83. The molecule has 6 nitrogen and oxygen atoms in total. The van der Waals surface area contributed by atoms with Gasteiger partial charge in [-0.15, -0.1) is 0 Å². The van der Waals surface area contributed by atoms with E-state index in [2.05, 4.69) is 34.5 Å². The first-order chi connectivity index (χ1) is 20.4. The fourth-order valence-electron chi connectivity index (χ4n) is 3.81. The molecule has 0 saturated heterocycles. The molecule has 4 aromatic rings. The number of halogens is 2. The van der Waals surface area contributed by atoms with Gasteiger partial charge in [0.25, 0.3) is 11.8 Å². The average molecular weight is 738 g/mol. The van der Waals surface area contributed by atoms with E-state index in [1.54, 1.807) is 0 Å². The van der Waals surface area contributed by atoms with E-state index < -0.39 is 0 Å². The van der Waals surface area contributed by atoms with Crippen LogP contribution in [0.1, 0.15) is 69.7 Å². The van der Waals surface area contributed by atoms with E-state index in [1.165, 1.54) is 0 Å². The Hall–Kier alpha value is -3.60. The van der Waals surface area contributed by atoms with Gasteiger partial charge in [0.1, 0.15) is 11.7 Å². The predicted octanol–water partition coefficient (Wildman–Crippen LogP) is 1.17. The first kappa shape index (κ1) is 41.4. The standard InChI is InChI=1S/2C18H20N2O.2ClH.Pd/c2*1-3-13-19-17(15-7-5-4-6-8-15)20-18(21)16-11-9-14(2)10-12-16;;;/h2*4-12H,3,13H2,1-2H3,(H,19,20,21);2*1H;/q;;;;+2/p-2. The molecule has 0 aliphatic carbocycles. The fourth-order valence-corrected chi connectivity index (χ4v) is 3.81. The van der Waals surface area contributed by atoms with Crippen molar-refractivity contribution in [1.82, 2.24) is 10.6 Å². The third-order valence-electron chi connectivity index (χ3n) is 6.17. The van der Waals surface area contributed by atoms with Gasteiger partial charge in [0.15, 0.2) is 0 Å². The summed E-state index contributed by atoms with van der Waals surface area (Å²) in [7, 11) is 0. The van der Waals surface area contributed by atoms with Crippen LogP contribution in [0.15, 0.2) is 119 Å². The van der Waals surface area contributed by atoms with Crippen molar-refractivity contribution >= 4 is 23.5 Å². The number of nitrogens with zero attached hydrogens (tertiary/aromatic N) is 2. The summed E-state index contributed by atoms with van der Waals surface area (Å²) < 4.78 is 0. The molecule has 9 heteroatoms. The topological polar surface area (TPSA) is 82.9 Å². The van der Waals surface area contributed by atoms with E-state index >= 15 is 0 Å². The molecule has 0 aliphatic rings. The van der Waals surface area contributed by atoms with E-state index in [-0.39, 0.29) is 57.1 Å². The van der Waals surface area contributed by atoms with Crippen LogP contribution in [-0.2, 0) is 20.4 Å². The SMILES string of the molecule is CCCN=C(NC(=O)c1ccc(C)cc1)c1ccccc1.CCCN=C(NC(=O)c1ccc(C)cc1)c1ccccc1.[Cl-].[Cl-].[Pd+2]. The Balaban J connectivity index is 0.000000807. The van der Waals surface area contributed by atoms with Crippen molar-refractivity contribution in [1.29, 1.82) is 0 Å². The van der Waals surface area contributed by atoms with Crippen LogP contribution >= 0.6 is 0 Å². The molecule has 2 N–H and O–H groups in total. The Morgan fingerprint density at radius 1 is 0.511 bits per heavy atom. The molecule has 0 aliphatic heterocycles. The van der Waals surface area contributed by atoms with Crippen LogP contribution in [-0.4, -0.2) is 36.6 Å². The smallest absolute Gasteiger partial charge is 1.00 e. The van der Waals surface area contributed by atoms with E-state index in [9.17, 15) is 9.59 Å². The second kappa shape index (κ2) is 22.8. The summed E-state index contributed by atoms with van der Waals surface area (Å²) >= 11 is 0. The Kier molecular flexibility index (Phi) is 21.0. The second-order valence-corrected chi connectivity index (χ2v) is 9.83. The molecular weight excluding hydrogens is 698 g/mol. The predicted molar refractivity (Wildman–Crippen MR) is 174 cm³/mol. The van der Waals surface area contributed by atoms with Crippen LogP contribution in [0.5, 0.6) is 0 Å². The van der Waals surface area contributed by atoms with Gasteiger partial charge in [0, 0.05) is 35.3 Å². The third-order valence-corrected chi connectivity index (χ3v) is 6.17. The molecular formula is C36H40Cl2N4O2Pd. The number of amidine groups is 2. The number of amides is 2. The number of carbonyl (C=O) groups is 2. The number of aliphatic imine (C=N–C) groups is 2. The van der Waals surface area contributed by atoms with E-state index in [4.69, 9.17) is 0 Å². The molecule has 4 aromatic carbocycles. The summed E-state index contributed by atoms with van der Waals surface area (Å²) in [6, 6.07) is 34.5. The number of aryl methyl sites for hydroxylation is 2. The first-order valence-corrected chi connectivity index (χ1v) is 14.4. The molecule has 0 radical (unpaired) electrons. The van der Waals surface area contributed by atoms with E-state index in [0.717, 1.165) is 35.1 Å². The summed E-state index contributed by atoms with van der Waals surface area (Å²) in [5.41, 5.74) is 5.39. The molecule has 0 saturated carbocycles. The minimum atomic E-state index is -0.131. The Bertz CT molecular complexity index is 1360. The van der Waals surface area contributed by atoms with Crippen molar-refractivity contribution in [2.75, 3.05) is 13.1 Å². The zero-order chi connectivity index (χ0) is 30.2. The summed E-state index contributed by atoms with van der Waals surface area (Å²) in [5.74, 6) is 0.994. The maximum Gasteiger partial charge on any atom is 2.00 e.